The zero-order valence-electron chi connectivity index (χ0n) is 8.37. The Morgan fingerprint density at radius 3 is 2.93 bits per heavy atom. The SMILES string of the molecule is CCCC(Cl)c1noc(C2CCC2)n1. The fourth-order valence-electron chi connectivity index (χ4n) is 1.58. The van der Waals surface area contributed by atoms with E-state index in [9.17, 15) is 0 Å². The van der Waals surface area contributed by atoms with Gasteiger partial charge in [0.25, 0.3) is 0 Å². The van der Waals surface area contributed by atoms with Crippen LogP contribution in [0.15, 0.2) is 4.52 Å². The van der Waals surface area contributed by atoms with E-state index in [1.165, 1.54) is 19.3 Å². The molecule has 0 aromatic carbocycles. The van der Waals surface area contributed by atoms with Crippen molar-refractivity contribution < 1.29 is 4.52 Å². The minimum atomic E-state index is -0.0856. The van der Waals surface area contributed by atoms with Crippen molar-refractivity contribution >= 4 is 11.6 Å². The van der Waals surface area contributed by atoms with Crippen molar-refractivity contribution in [2.75, 3.05) is 0 Å². The van der Waals surface area contributed by atoms with Crippen LogP contribution in [0.25, 0.3) is 0 Å². The predicted molar refractivity (Wildman–Crippen MR) is 54.4 cm³/mol. The predicted octanol–water partition coefficient (Wildman–Crippen LogP) is 3.42. The third-order valence-electron chi connectivity index (χ3n) is 2.73. The summed E-state index contributed by atoms with van der Waals surface area (Å²) in [4.78, 5) is 4.34. The molecule has 0 amide bonds. The van der Waals surface area contributed by atoms with Crippen molar-refractivity contribution in [3.8, 4) is 0 Å². The van der Waals surface area contributed by atoms with Crippen LogP contribution in [0.4, 0.5) is 0 Å². The molecule has 4 heteroatoms. The van der Waals surface area contributed by atoms with E-state index in [0.29, 0.717) is 11.7 Å². The van der Waals surface area contributed by atoms with Gasteiger partial charge in [-0.25, -0.2) is 0 Å². The second kappa shape index (κ2) is 4.30. The Kier molecular flexibility index (Phi) is 3.06. The number of rotatable bonds is 4. The molecular weight excluding hydrogens is 200 g/mol. The molecule has 0 bridgehead atoms. The molecule has 1 aromatic rings. The number of alkyl halides is 1. The highest BCUT2D eigenvalue weighted by Crippen LogP contribution is 2.36. The lowest BCUT2D eigenvalue weighted by atomic mass is 9.85. The van der Waals surface area contributed by atoms with Crippen LogP contribution in [0, 0.1) is 0 Å². The first-order valence-corrected chi connectivity index (χ1v) is 5.72. The van der Waals surface area contributed by atoms with Gasteiger partial charge in [0.1, 0.15) is 0 Å². The smallest absolute Gasteiger partial charge is 0.229 e. The second-order valence-electron chi connectivity index (χ2n) is 3.87. The molecule has 1 fully saturated rings. The van der Waals surface area contributed by atoms with E-state index in [1.807, 2.05) is 0 Å². The topological polar surface area (TPSA) is 38.9 Å². The highest BCUT2D eigenvalue weighted by molar-refractivity contribution is 6.20. The summed E-state index contributed by atoms with van der Waals surface area (Å²) in [7, 11) is 0. The first-order chi connectivity index (χ1) is 6.81. The Balaban J connectivity index is 2.01. The molecule has 3 nitrogen and oxygen atoms in total. The molecule has 0 aliphatic heterocycles. The van der Waals surface area contributed by atoms with E-state index < -0.39 is 0 Å². The highest BCUT2D eigenvalue weighted by atomic mass is 35.5. The number of aromatic nitrogens is 2. The Morgan fingerprint density at radius 1 is 1.57 bits per heavy atom. The molecule has 0 saturated heterocycles. The van der Waals surface area contributed by atoms with Crippen molar-refractivity contribution in [2.24, 2.45) is 0 Å². The summed E-state index contributed by atoms with van der Waals surface area (Å²) in [5.74, 6) is 1.95. The lowest BCUT2D eigenvalue weighted by Crippen LogP contribution is -2.09. The maximum Gasteiger partial charge on any atom is 0.229 e. The molecule has 2 rings (SSSR count). The maximum atomic E-state index is 6.10. The van der Waals surface area contributed by atoms with Crippen LogP contribution in [0.5, 0.6) is 0 Å². The van der Waals surface area contributed by atoms with Crippen molar-refractivity contribution in [3.63, 3.8) is 0 Å². The van der Waals surface area contributed by atoms with Crippen LogP contribution in [-0.2, 0) is 0 Å². The largest absolute Gasteiger partial charge is 0.339 e. The molecule has 78 valence electrons. The number of nitrogens with zero attached hydrogens (tertiary/aromatic N) is 2. The van der Waals surface area contributed by atoms with E-state index in [0.717, 1.165) is 18.7 Å². The first-order valence-electron chi connectivity index (χ1n) is 5.28. The van der Waals surface area contributed by atoms with Crippen molar-refractivity contribution in [3.05, 3.63) is 11.7 Å². The lowest BCUT2D eigenvalue weighted by Gasteiger charge is -2.20. The zero-order chi connectivity index (χ0) is 9.97. The van der Waals surface area contributed by atoms with Gasteiger partial charge >= 0.3 is 0 Å². The van der Waals surface area contributed by atoms with Crippen LogP contribution in [0.1, 0.15) is 62.0 Å². The maximum absolute atomic E-state index is 6.10. The van der Waals surface area contributed by atoms with Crippen LogP contribution in [0.2, 0.25) is 0 Å². The number of halogens is 1. The molecule has 0 N–H and O–H groups in total. The van der Waals surface area contributed by atoms with Gasteiger partial charge < -0.3 is 4.52 Å². The highest BCUT2D eigenvalue weighted by Gasteiger charge is 2.26. The minimum Gasteiger partial charge on any atom is -0.339 e. The van der Waals surface area contributed by atoms with Crippen molar-refractivity contribution in [2.45, 2.75) is 50.3 Å². The Labute approximate surface area is 88.8 Å². The average molecular weight is 215 g/mol. The fraction of sp³-hybridized carbons (Fsp3) is 0.800. The molecule has 1 heterocycles. The third-order valence-corrected chi connectivity index (χ3v) is 3.15. The van der Waals surface area contributed by atoms with Gasteiger partial charge in [0.15, 0.2) is 5.82 Å². The zero-order valence-corrected chi connectivity index (χ0v) is 9.13. The summed E-state index contributed by atoms with van der Waals surface area (Å²) in [5, 5.41) is 3.83. The van der Waals surface area contributed by atoms with Crippen molar-refractivity contribution in [1.29, 1.82) is 0 Å². The van der Waals surface area contributed by atoms with Gasteiger partial charge in [-0.2, -0.15) is 4.98 Å². The second-order valence-corrected chi connectivity index (χ2v) is 4.40. The number of hydrogen-bond acceptors (Lipinski definition) is 3. The molecule has 0 spiro atoms. The van der Waals surface area contributed by atoms with Gasteiger partial charge in [0.2, 0.25) is 5.89 Å². The molecule has 0 radical (unpaired) electrons. The van der Waals surface area contributed by atoms with Gasteiger partial charge in [-0.05, 0) is 19.3 Å². The summed E-state index contributed by atoms with van der Waals surface area (Å²) in [5.41, 5.74) is 0. The Hall–Kier alpha value is -0.570. The monoisotopic (exact) mass is 214 g/mol. The summed E-state index contributed by atoms with van der Waals surface area (Å²) in [6, 6.07) is 0. The molecule has 1 unspecified atom stereocenters. The molecule has 14 heavy (non-hydrogen) atoms. The summed E-state index contributed by atoms with van der Waals surface area (Å²) < 4.78 is 5.19. The van der Waals surface area contributed by atoms with E-state index in [2.05, 4.69) is 17.1 Å². The molecule has 1 atom stereocenters. The minimum absolute atomic E-state index is 0.0856. The average Bonchev–Trinajstić information content (AvgIpc) is 2.50. The van der Waals surface area contributed by atoms with E-state index in [1.54, 1.807) is 0 Å². The molecule has 1 aliphatic carbocycles. The van der Waals surface area contributed by atoms with Crippen LogP contribution >= 0.6 is 11.6 Å². The number of hydrogen-bond donors (Lipinski definition) is 0. The Morgan fingerprint density at radius 2 is 2.36 bits per heavy atom. The van der Waals surface area contributed by atoms with Gasteiger partial charge in [-0.3, -0.25) is 0 Å². The normalized spacial score (nSPS) is 19.3. The standard InChI is InChI=1S/C10H15ClN2O/c1-2-4-8(11)9-12-10(14-13-9)7-5-3-6-7/h7-8H,2-6H2,1H3. The van der Waals surface area contributed by atoms with E-state index >= 15 is 0 Å². The van der Waals surface area contributed by atoms with Crippen LogP contribution < -0.4 is 0 Å². The van der Waals surface area contributed by atoms with Gasteiger partial charge in [0, 0.05) is 5.92 Å². The van der Waals surface area contributed by atoms with Crippen molar-refractivity contribution in [1.82, 2.24) is 10.1 Å². The molecule has 1 aliphatic rings. The van der Waals surface area contributed by atoms with E-state index in [-0.39, 0.29) is 5.38 Å². The lowest BCUT2D eigenvalue weighted by molar-refractivity contribution is 0.291. The van der Waals surface area contributed by atoms with E-state index in [4.69, 9.17) is 16.1 Å². The summed E-state index contributed by atoms with van der Waals surface area (Å²) in [6.07, 6.45) is 5.60. The van der Waals surface area contributed by atoms with Crippen LogP contribution in [0.3, 0.4) is 0 Å². The summed E-state index contributed by atoms with van der Waals surface area (Å²) >= 11 is 6.10. The summed E-state index contributed by atoms with van der Waals surface area (Å²) in [6.45, 7) is 2.10. The molecule has 1 aromatic heterocycles. The quantitative estimate of drug-likeness (QED) is 0.721. The first kappa shape index (κ1) is 9.97. The van der Waals surface area contributed by atoms with Gasteiger partial charge in [0.05, 0.1) is 5.38 Å². The van der Waals surface area contributed by atoms with Gasteiger partial charge in [-0.1, -0.05) is 24.9 Å². The Bertz CT molecular complexity index is 296. The van der Waals surface area contributed by atoms with Crippen LogP contribution in [-0.4, -0.2) is 10.1 Å². The molecule has 1 saturated carbocycles. The third kappa shape index (κ3) is 1.92. The van der Waals surface area contributed by atoms with Gasteiger partial charge in [-0.15, -0.1) is 11.6 Å². The molecular formula is C10H15ClN2O. The fourth-order valence-corrected chi connectivity index (χ4v) is 1.88.